The number of fused-ring (bicyclic) bond motifs is 1. The molecule has 0 aliphatic heterocycles. The number of hydrogen-bond donors (Lipinski definition) is 0. The molecule has 3 aromatic rings. The predicted octanol–water partition coefficient (Wildman–Crippen LogP) is 3.69. The van der Waals surface area contributed by atoms with E-state index in [0.29, 0.717) is 22.0 Å². The first-order valence-corrected chi connectivity index (χ1v) is 7.66. The van der Waals surface area contributed by atoms with Gasteiger partial charge >= 0.3 is 6.36 Å². The molecule has 0 amide bonds. The van der Waals surface area contributed by atoms with E-state index in [1.165, 1.54) is 28.9 Å². The van der Waals surface area contributed by atoms with Crippen molar-refractivity contribution in [2.45, 2.75) is 25.2 Å². The lowest BCUT2D eigenvalue weighted by Crippen LogP contribution is -2.23. The Morgan fingerprint density at radius 2 is 1.72 bits per heavy atom. The quantitative estimate of drug-likeness (QED) is 0.725. The second-order valence-electron chi connectivity index (χ2n) is 5.87. The molecular formula is C17H12F3N3O2. The third-order valence-electron chi connectivity index (χ3n) is 4.00. The molecule has 1 aliphatic rings. The highest BCUT2D eigenvalue weighted by atomic mass is 19.4. The van der Waals surface area contributed by atoms with Gasteiger partial charge in [0.1, 0.15) is 11.3 Å². The van der Waals surface area contributed by atoms with Crippen LogP contribution >= 0.6 is 0 Å². The Morgan fingerprint density at radius 1 is 1.04 bits per heavy atom. The minimum absolute atomic E-state index is 0.117. The van der Waals surface area contributed by atoms with Crippen LogP contribution < -0.4 is 10.3 Å². The van der Waals surface area contributed by atoms with E-state index in [-0.39, 0.29) is 17.4 Å². The second kappa shape index (κ2) is 5.58. The lowest BCUT2D eigenvalue weighted by atomic mass is 10.0. The van der Waals surface area contributed by atoms with Crippen molar-refractivity contribution in [2.75, 3.05) is 0 Å². The Balaban J connectivity index is 1.71. The Kier molecular flexibility index (Phi) is 3.48. The largest absolute Gasteiger partial charge is 0.573 e. The first-order valence-electron chi connectivity index (χ1n) is 7.66. The van der Waals surface area contributed by atoms with E-state index >= 15 is 0 Å². The number of benzene rings is 2. The van der Waals surface area contributed by atoms with Crippen molar-refractivity contribution in [2.24, 2.45) is 0 Å². The SMILES string of the molecule is O=c1c2cc(-c3ccc(OC(F)(F)F)cc3)ccc2nnn1C1CC1. The van der Waals surface area contributed by atoms with Gasteiger partial charge in [0.15, 0.2) is 0 Å². The Labute approximate surface area is 139 Å². The van der Waals surface area contributed by atoms with Gasteiger partial charge in [0, 0.05) is 0 Å². The minimum Gasteiger partial charge on any atom is -0.406 e. The molecule has 5 nitrogen and oxygen atoms in total. The first-order chi connectivity index (χ1) is 11.9. The highest BCUT2D eigenvalue weighted by molar-refractivity contribution is 5.83. The van der Waals surface area contributed by atoms with Crippen LogP contribution in [0.3, 0.4) is 0 Å². The van der Waals surface area contributed by atoms with Gasteiger partial charge in [-0.3, -0.25) is 4.79 Å². The predicted molar refractivity (Wildman–Crippen MR) is 84.2 cm³/mol. The molecule has 1 fully saturated rings. The van der Waals surface area contributed by atoms with Gasteiger partial charge in [-0.05, 0) is 48.2 Å². The molecule has 1 saturated carbocycles. The molecule has 0 saturated heterocycles. The molecule has 0 N–H and O–H groups in total. The fraction of sp³-hybridized carbons (Fsp3) is 0.235. The molecule has 8 heteroatoms. The molecule has 0 spiro atoms. The molecule has 1 aromatic heterocycles. The highest BCUT2D eigenvalue weighted by Crippen LogP contribution is 2.33. The Morgan fingerprint density at radius 3 is 2.36 bits per heavy atom. The van der Waals surface area contributed by atoms with E-state index < -0.39 is 6.36 Å². The number of hydrogen-bond acceptors (Lipinski definition) is 4. The lowest BCUT2D eigenvalue weighted by Gasteiger charge is -2.10. The maximum absolute atomic E-state index is 12.5. The maximum Gasteiger partial charge on any atom is 0.573 e. The van der Waals surface area contributed by atoms with Crippen LogP contribution in [0, 0.1) is 0 Å². The van der Waals surface area contributed by atoms with Crippen LogP contribution in [0.15, 0.2) is 47.3 Å². The van der Waals surface area contributed by atoms with Gasteiger partial charge in [0.2, 0.25) is 0 Å². The van der Waals surface area contributed by atoms with E-state index in [0.717, 1.165) is 12.8 Å². The van der Waals surface area contributed by atoms with Crippen molar-refractivity contribution in [3.63, 3.8) is 0 Å². The third kappa shape index (κ3) is 3.19. The van der Waals surface area contributed by atoms with Crippen LogP contribution in [0.1, 0.15) is 18.9 Å². The average Bonchev–Trinajstić information content (AvgIpc) is 3.39. The van der Waals surface area contributed by atoms with Crippen molar-refractivity contribution in [3.8, 4) is 16.9 Å². The zero-order chi connectivity index (χ0) is 17.6. The standard InChI is InChI=1S/C17H12F3N3O2/c18-17(19,20)25-13-6-1-10(2-7-13)11-3-8-15-14(9-11)16(24)23(22-21-15)12-4-5-12/h1-3,6-9,12H,4-5H2. The summed E-state index contributed by atoms with van der Waals surface area (Å²) in [5, 5.41) is 8.45. The molecule has 128 valence electrons. The highest BCUT2D eigenvalue weighted by Gasteiger charge is 2.31. The second-order valence-corrected chi connectivity index (χ2v) is 5.87. The molecule has 0 radical (unpaired) electrons. The summed E-state index contributed by atoms with van der Waals surface area (Å²) in [6.07, 6.45) is -2.89. The summed E-state index contributed by atoms with van der Waals surface area (Å²) < 4.78 is 41.9. The summed E-state index contributed by atoms with van der Waals surface area (Å²) in [6.45, 7) is 0. The van der Waals surface area contributed by atoms with Crippen molar-refractivity contribution in [3.05, 3.63) is 52.8 Å². The fourth-order valence-corrected chi connectivity index (χ4v) is 2.64. The van der Waals surface area contributed by atoms with E-state index in [1.807, 2.05) is 0 Å². The van der Waals surface area contributed by atoms with Gasteiger partial charge in [0.25, 0.3) is 5.56 Å². The van der Waals surface area contributed by atoms with Crippen molar-refractivity contribution < 1.29 is 17.9 Å². The Bertz CT molecular complexity index is 993. The summed E-state index contributed by atoms with van der Waals surface area (Å²) >= 11 is 0. The van der Waals surface area contributed by atoms with Gasteiger partial charge in [-0.2, -0.15) is 0 Å². The lowest BCUT2D eigenvalue weighted by molar-refractivity contribution is -0.274. The third-order valence-corrected chi connectivity index (χ3v) is 4.00. The molecule has 0 bridgehead atoms. The number of aromatic nitrogens is 3. The number of ether oxygens (including phenoxy) is 1. The molecule has 4 rings (SSSR count). The van der Waals surface area contributed by atoms with Crippen LogP contribution in [0.4, 0.5) is 13.2 Å². The molecule has 25 heavy (non-hydrogen) atoms. The van der Waals surface area contributed by atoms with Gasteiger partial charge in [0.05, 0.1) is 11.4 Å². The monoisotopic (exact) mass is 347 g/mol. The number of halogens is 3. The summed E-state index contributed by atoms with van der Waals surface area (Å²) in [6, 6.07) is 10.7. The molecule has 1 aliphatic carbocycles. The van der Waals surface area contributed by atoms with Crippen LogP contribution in [-0.4, -0.2) is 21.4 Å². The molecule has 0 atom stereocenters. The summed E-state index contributed by atoms with van der Waals surface area (Å²) in [5.74, 6) is -0.293. The van der Waals surface area contributed by atoms with Crippen LogP contribution in [0.5, 0.6) is 5.75 Å². The molecule has 1 heterocycles. The summed E-state index contributed by atoms with van der Waals surface area (Å²) in [7, 11) is 0. The van der Waals surface area contributed by atoms with Gasteiger partial charge < -0.3 is 4.74 Å². The fourth-order valence-electron chi connectivity index (χ4n) is 2.64. The van der Waals surface area contributed by atoms with Crippen LogP contribution in [0.2, 0.25) is 0 Å². The molecule has 2 aromatic carbocycles. The van der Waals surface area contributed by atoms with E-state index in [4.69, 9.17) is 0 Å². The van der Waals surface area contributed by atoms with Crippen molar-refractivity contribution in [1.82, 2.24) is 15.0 Å². The summed E-state index contributed by atoms with van der Waals surface area (Å²) in [4.78, 5) is 12.5. The zero-order valence-corrected chi connectivity index (χ0v) is 12.8. The van der Waals surface area contributed by atoms with Crippen molar-refractivity contribution in [1.29, 1.82) is 0 Å². The topological polar surface area (TPSA) is 57.0 Å². The minimum atomic E-state index is -4.73. The average molecular weight is 347 g/mol. The normalized spacial score (nSPS) is 14.7. The van der Waals surface area contributed by atoms with Gasteiger partial charge in [-0.25, -0.2) is 4.68 Å². The van der Waals surface area contributed by atoms with Gasteiger partial charge in [-0.1, -0.05) is 23.4 Å². The maximum atomic E-state index is 12.5. The van der Waals surface area contributed by atoms with Crippen LogP contribution in [0.25, 0.3) is 22.0 Å². The van der Waals surface area contributed by atoms with E-state index in [1.54, 1.807) is 18.2 Å². The molecule has 0 unspecified atom stereocenters. The number of alkyl halides is 3. The van der Waals surface area contributed by atoms with E-state index in [2.05, 4.69) is 15.0 Å². The van der Waals surface area contributed by atoms with Crippen LogP contribution in [-0.2, 0) is 0 Å². The zero-order valence-electron chi connectivity index (χ0n) is 12.8. The number of nitrogens with zero attached hydrogens (tertiary/aromatic N) is 3. The summed E-state index contributed by atoms with van der Waals surface area (Å²) in [5.41, 5.74) is 1.66. The van der Waals surface area contributed by atoms with Gasteiger partial charge in [-0.15, -0.1) is 18.3 Å². The number of rotatable bonds is 3. The Hall–Kier alpha value is -2.90. The first kappa shape index (κ1) is 15.6. The smallest absolute Gasteiger partial charge is 0.406 e. The molecular weight excluding hydrogens is 335 g/mol. The van der Waals surface area contributed by atoms with Crippen molar-refractivity contribution >= 4 is 10.9 Å². The van der Waals surface area contributed by atoms with E-state index in [9.17, 15) is 18.0 Å².